The number of hydrogen-bond acceptors (Lipinski definition) is 3. The van der Waals surface area contributed by atoms with Crippen LogP contribution in [0.3, 0.4) is 0 Å². The number of hydrogen-bond donors (Lipinski definition) is 2. The fourth-order valence-corrected chi connectivity index (χ4v) is 2.07. The lowest BCUT2D eigenvalue weighted by atomic mass is 10.1. The quantitative estimate of drug-likeness (QED) is 0.599. The number of ether oxygens (including phenoxy) is 1. The van der Waals surface area contributed by atoms with Gasteiger partial charge in [-0.15, -0.1) is 0 Å². The Morgan fingerprint density at radius 2 is 1.45 bits per heavy atom. The third-order valence-electron chi connectivity index (χ3n) is 3.22. The van der Waals surface area contributed by atoms with Crippen LogP contribution < -0.4 is 15.6 Å². The Morgan fingerprint density at radius 1 is 0.850 bits per heavy atom. The zero-order valence-corrected chi connectivity index (χ0v) is 12.1. The van der Waals surface area contributed by atoms with Gasteiger partial charge in [0.2, 0.25) is 0 Å². The van der Waals surface area contributed by atoms with E-state index >= 15 is 0 Å². The van der Waals surface area contributed by atoms with Gasteiger partial charge in [0.15, 0.2) is 0 Å². The molecule has 2 rings (SSSR count). The van der Waals surface area contributed by atoms with Crippen LogP contribution in [0.2, 0.25) is 0 Å². The van der Waals surface area contributed by atoms with Gasteiger partial charge in [-0.2, -0.15) is 0 Å². The van der Waals surface area contributed by atoms with E-state index in [9.17, 15) is 0 Å². The molecule has 0 aliphatic carbocycles. The maximum absolute atomic E-state index is 5.60. The molecule has 3 nitrogen and oxygen atoms in total. The summed E-state index contributed by atoms with van der Waals surface area (Å²) >= 11 is 0. The molecule has 0 bridgehead atoms. The van der Waals surface area contributed by atoms with Gasteiger partial charge >= 0.3 is 0 Å². The van der Waals surface area contributed by atoms with Crippen LogP contribution in [0.25, 0.3) is 0 Å². The second kappa shape index (κ2) is 7.68. The monoisotopic (exact) mass is 270 g/mol. The summed E-state index contributed by atoms with van der Waals surface area (Å²) in [6, 6.07) is 16.5. The molecule has 0 aliphatic heterocycles. The molecule has 0 atom stereocenters. The van der Waals surface area contributed by atoms with Crippen molar-refractivity contribution in [3.63, 3.8) is 0 Å². The molecule has 0 aliphatic rings. The maximum Gasteiger partial charge on any atom is 0.123 e. The second-order valence-electron chi connectivity index (χ2n) is 4.67. The highest BCUT2D eigenvalue weighted by Gasteiger charge is 2.01. The number of aryl methyl sites for hydroxylation is 1. The van der Waals surface area contributed by atoms with Crippen LogP contribution in [0, 0.1) is 6.92 Å². The Kier molecular flexibility index (Phi) is 5.59. The molecule has 0 saturated carbocycles. The number of para-hydroxylation sites is 1. The SMILES string of the molecule is CCOc1ccccc1CNNCc1ccccc1C. The topological polar surface area (TPSA) is 33.3 Å². The molecule has 0 unspecified atom stereocenters. The predicted octanol–water partition coefficient (Wildman–Crippen LogP) is 3.19. The van der Waals surface area contributed by atoms with Crippen LogP contribution >= 0.6 is 0 Å². The Labute approximate surface area is 120 Å². The van der Waals surface area contributed by atoms with Crippen LogP contribution in [-0.4, -0.2) is 6.61 Å². The highest BCUT2D eigenvalue weighted by Crippen LogP contribution is 2.17. The third kappa shape index (κ3) is 4.08. The molecular weight excluding hydrogens is 248 g/mol. The van der Waals surface area contributed by atoms with Gasteiger partial charge in [-0.1, -0.05) is 42.5 Å². The molecular formula is C17H22N2O. The molecule has 20 heavy (non-hydrogen) atoms. The lowest BCUT2D eigenvalue weighted by Crippen LogP contribution is -2.30. The molecule has 3 heteroatoms. The molecule has 0 aromatic heterocycles. The Morgan fingerprint density at radius 3 is 2.15 bits per heavy atom. The molecule has 2 N–H and O–H groups in total. The van der Waals surface area contributed by atoms with Crippen molar-refractivity contribution in [2.75, 3.05) is 6.61 Å². The number of rotatable bonds is 7. The smallest absolute Gasteiger partial charge is 0.123 e. The molecule has 0 radical (unpaired) electrons. The van der Waals surface area contributed by atoms with Crippen LogP contribution in [0.4, 0.5) is 0 Å². The van der Waals surface area contributed by atoms with Crippen molar-refractivity contribution in [2.24, 2.45) is 0 Å². The first kappa shape index (κ1) is 14.6. The largest absolute Gasteiger partial charge is 0.494 e. The van der Waals surface area contributed by atoms with E-state index in [1.807, 2.05) is 25.1 Å². The van der Waals surface area contributed by atoms with Gasteiger partial charge in [-0.3, -0.25) is 10.9 Å². The fraction of sp³-hybridized carbons (Fsp3) is 0.294. The highest BCUT2D eigenvalue weighted by molar-refractivity contribution is 5.33. The Balaban J connectivity index is 1.83. The Bertz CT molecular complexity index is 540. The highest BCUT2D eigenvalue weighted by atomic mass is 16.5. The molecule has 2 aromatic rings. The van der Waals surface area contributed by atoms with Crippen molar-refractivity contribution in [1.29, 1.82) is 0 Å². The second-order valence-corrected chi connectivity index (χ2v) is 4.67. The Hall–Kier alpha value is -1.84. The van der Waals surface area contributed by atoms with E-state index < -0.39 is 0 Å². The van der Waals surface area contributed by atoms with Crippen LogP contribution in [0.1, 0.15) is 23.6 Å². The summed E-state index contributed by atoms with van der Waals surface area (Å²) in [6.45, 7) is 6.36. The van der Waals surface area contributed by atoms with Gasteiger partial charge in [0.25, 0.3) is 0 Å². The first-order valence-electron chi connectivity index (χ1n) is 7.02. The van der Waals surface area contributed by atoms with Crippen molar-refractivity contribution >= 4 is 0 Å². The van der Waals surface area contributed by atoms with Gasteiger partial charge in [-0.05, 0) is 31.0 Å². The lowest BCUT2D eigenvalue weighted by Gasteiger charge is -2.12. The van der Waals surface area contributed by atoms with E-state index in [1.165, 1.54) is 11.1 Å². The molecule has 0 fully saturated rings. The van der Waals surface area contributed by atoms with E-state index in [4.69, 9.17) is 4.74 Å². The zero-order chi connectivity index (χ0) is 14.2. The van der Waals surface area contributed by atoms with Gasteiger partial charge in [0.05, 0.1) is 6.61 Å². The first-order valence-corrected chi connectivity index (χ1v) is 7.02. The summed E-state index contributed by atoms with van der Waals surface area (Å²) in [7, 11) is 0. The maximum atomic E-state index is 5.60. The normalized spacial score (nSPS) is 10.5. The van der Waals surface area contributed by atoms with E-state index in [2.05, 4.69) is 48.1 Å². The predicted molar refractivity (Wildman–Crippen MR) is 82.5 cm³/mol. The minimum atomic E-state index is 0.688. The van der Waals surface area contributed by atoms with E-state index in [1.54, 1.807) is 0 Å². The average Bonchev–Trinajstić information content (AvgIpc) is 2.47. The van der Waals surface area contributed by atoms with Gasteiger partial charge in [-0.25, -0.2) is 0 Å². The summed E-state index contributed by atoms with van der Waals surface area (Å²) in [5.41, 5.74) is 10.3. The molecule has 0 amide bonds. The minimum absolute atomic E-state index is 0.688. The van der Waals surface area contributed by atoms with Crippen LogP contribution in [0.5, 0.6) is 5.75 Å². The van der Waals surface area contributed by atoms with Crippen molar-refractivity contribution in [2.45, 2.75) is 26.9 Å². The average molecular weight is 270 g/mol. The van der Waals surface area contributed by atoms with Crippen molar-refractivity contribution in [3.05, 3.63) is 65.2 Å². The van der Waals surface area contributed by atoms with Crippen molar-refractivity contribution in [1.82, 2.24) is 10.9 Å². The van der Waals surface area contributed by atoms with E-state index in [0.29, 0.717) is 6.61 Å². The fourth-order valence-electron chi connectivity index (χ4n) is 2.07. The first-order chi connectivity index (χ1) is 9.81. The van der Waals surface area contributed by atoms with Crippen molar-refractivity contribution < 1.29 is 4.74 Å². The molecule has 0 saturated heterocycles. The third-order valence-corrected chi connectivity index (χ3v) is 3.22. The molecule has 0 heterocycles. The number of hydrazine groups is 1. The van der Waals surface area contributed by atoms with Crippen molar-refractivity contribution in [3.8, 4) is 5.75 Å². The molecule has 106 valence electrons. The summed E-state index contributed by atoms with van der Waals surface area (Å²) in [5, 5.41) is 0. The number of benzene rings is 2. The minimum Gasteiger partial charge on any atom is -0.494 e. The van der Waals surface area contributed by atoms with Gasteiger partial charge in [0, 0.05) is 18.7 Å². The van der Waals surface area contributed by atoms with Crippen LogP contribution in [-0.2, 0) is 13.1 Å². The summed E-state index contributed by atoms with van der Waals surface area (Å²) < 4.78 is 5.60. The summed E-state index contributed by atoms with van der Waals surface area (Å²) in [6.07, 6.45) is 0. The number of nitrogens with one attached hydrogen (secondary N) is 2. The van der Waals surface area contributed by atoms with Crippen LogP contribution in [0.15, 0.2) is 48.5 Å². The van der Waals surface area contributed by atoms with Gasteiger partial charge in [0.1, 0.15) is 5.75 Å². The van der Waals surface area contributed by atoms with E-state index in [-0.39, 0.29) is 0 Å². The molecule has 0 spiro atoms. The van der Waals surface area contributed by atoms with E-state index in [0.717, 1.165) is 24.4 Å². The lowest BCUT2D eigenvalue weighted by molar-refractivity contribution is 0.334. The standard InChI is InChI=1S/C17H22N2O/c1-3-20-17-11-7-6-10-16(17)13-19-18-12-15-9-5-4-8-14(15)2/h4-11,18-19H,3,12-13H2,1-2H3. The summed E-state index contributed by atoms with van der Waals surface area (Å²) in [4.78, 5) is 0. The summed E-state index contributed by atoms with van der Waals surface area (Å²) in [5.74, 6) is 0.945. The van der Waals surface area contributed by atoms with Gasteiger partial charge < -0.3 is 4.74 Å². The zero-order valence-electron chi connectivity index (χ0n) is 12.1. The molecule has 2 aromatic carbocycles.